The Morgan fingerprint density at radius 3 is 2.70 bits per heavy atom. The fraction of sp³-hybridized carbons (Fsp3) is 0.300. The van der Waals surface area contributed by atoms with Crippen molar-refractivity contribution in [3.8, 4) is 0 Å². The van der Waals surface area contributed by atoms with Crippen LogP contribution < -0.4 is 10.2 Å². The first-order valence-electron chi connectivity index (χ1n) is 9.54. The monoisotopic (exact) mass is 408 g/mol. The molecule has 1 aliphatic heterocycles. The number of hydrogen-bond acceptors (Lipinski definition) is 8. The third kappa shape index (κ3) is 3.71. The summed E-state index contributed by atoms with van der Waals surface area (Å²) in [5.74, 6) is -1.01. The van der Waals surface area contributed by atoms with Gasteiger partial charge < -0.3 is 15.3 Å². The SMILES string of the molecule is Cc1ccc2c(Nc3ncnc(N4CCC(C(=O)O)CC4)c3[N+](=O)[O-])cccc2n1. The lowest BCUT2D eigenvalue weighted by Gasteiger charge is -2.30. The predicted molar refractivity (Wildman–Crippen MR) is 111 cm³/mol. The first-order valence-corrected chi connectivity index (χ1v) is 9.54. The highest BCUT2D eigenvalue weighted by atomic mass is 16.6. The number of nitro groups is 1. The number of carboxylic acids is 1. The number of nitrogens with one attached hydrogen (secondary N) is 1. The van der Waals surface area contributed by atoms with Gasteiger partial charge in [-0.2, -0.15) is 0 Å². The highest BCUT2D eigenvalue weighted by Crippen LogP contribution is 2.36. The Balaban J connectivity index is 1.69. The number of hydrogen-bond donors (Lipinski definition) is 2. The molecule has 0 aliphatic carbocycles. The number of rotatable bonds is 5. The molecule has 0 unspecified atom stereocenters. The standard InChI is InChI=1S/C20H20N6O4/c1-12-5-6-14-15(23-12)3-2-4-16(14)24-18-17(26(29)30)19(22-11-21-18)25-9-7-13(8-10-25)20(27)28/h2-6,11,13H,7-10H2,1H3,(H,27,28)(H,21,22,24). The number of benzene rings is 1. The molecule has 1 aliphatic rings. The third-order valence-electron chi connectivity index (χ3n) is 5.25. The second-order valence-corrected chi connectivity index (χ2v) is 7.20. The van der Waals surface area contributed by atoms with Gasteiger partial charge in [-0.15, -0.1) is 0 Å². The Morgan fingerprint density at radius 1 is 1.23 bits per heavy atom. The quantitative estimate of drug-likeness (QED) is 0.481. The van der Waals surface area contributed by atoms with Crippen molar-refractivity contribution < 1.29 is 14.8 Å². The van der Waals surface area contributed by atoms with Crippen LogP contribution in [0.3, 0.4) is 0 Å². The molecule has 3 aromatic rings. The van der Waals surface area contributed by atoms with Gasteiger partial charge in [0.25, 0.3) is 0 Å². The van der Waals surface area contributed by atoms with Crippen LogP contribution in [0.2, 0.25) is 0 Å². The molecule has 4 rings (SSSR count). The first-order chi connectivity index (χ1) is 14.4. The summed E-state index contributed by atoms with van der Waals surface area (Å²) in [6, 6.07) is 9.29. The lowest BCUT2D eigenvalue weighted by molar-refractivity contribution is -0.383. The van der Waals surface area contributed by atoms with E-state index in [1.807, 2.05) is 37.3 Å². The fourth-order valence-corrected chi connectivity index (χ4v) is 3.69. The van der Waals surface area contributed by atoms with E-state index in [4.69, 9.17) is 0 Å². The molecule has 0 bridgehead atoms. The number of aliphatic carboxylic acids is 1. The Labute approximate surface area is 171 Å². The van der Waals surface area contributed by atoms with Gasteiger partial charge in [0.1, 0.15) is 6.33 Å². The zero-order valence-electron chi connectivity index (χ0n) is 16.3. The van der Waals surface area contributed by atoms with Gasteiger partial charge in [0.15, 0.2) is 0 Å². The smallest absolute Gasteiger partial charge is 0.353 e. The Hall–Kier alpha value is -3.82. The van der Waals surface area contributed by atoms with Crippen LogP contribution in [-0.2, 0) is 4.79 Å². The van der Waals surface area contributed by atoms with Gasteiger partial charge in [0, 0.05) is 29.9 Å². The van der Waals surface area contributed by atoms with Gasteiger partial charge in [-0.25, -0.2) is 9.97 Å². The summed E-state index contributed by atoms with van der Waals surface area (Å²) in [5, 5.41) is 25.0. The van der Waals surface area contributed by atoms with Crippen LogP contribution >= 0.6 is 0 Å². The van der Waals surface area contributed by atoms with E-state index >= 15 is 0 Å². The van der Waals surface area contributed by atoms with Gasteiger partial charge in [-0.1, -0.05) is 6.07 Å². The minimum atomic E-state index is -0.839. The molecule has 0 amide bonds. The number of aromatic nitrogens is 3. The van der Waals surface area contributed by atoms with Crippen molar-refractivity contribution in [2.75, 3.05) is 23.3 Å². The normalized spacial score (nSPS) is 14.6. The minimum Gasteiger partial charge on any atom is -0.481 e. The van der Waals surface area contributed by atoms with E-state index < -0.39 is 16.8 Å². The summed E-state index contributed by atoms with van der Waals surface area (Å²) in [6.45, 7) is 2.66. The topological polar surface area (TPSA) is 134 Å². The van der Waals surface area contributed by atoms with Gasteiger partial charge in [-0.05, 0) is 44.0 Å². The summed E-state index contributed by atoms with van der Waals surface area (Å²) in [4.78, 5) is 37.1. The molecule has 10 heteroatoms. The summed E-state index contributed by atoms with van der Waals surface area (Å²) in [6.07, 6.45) is 2.10. The van der Waals surface area contributed by atoms with Crippen molar-refractivity contribution >= 4 is 39.9 Å². The Kier molecular flexibility index (Phi) is 5.13. The van der Waals surface area contributed by atoms with Crippen molar-refractivity contribution in [3.05, 3.63) is 52.5 Å². The largest absolute Gasteiger partial charge is 0.481 e. The highest BCUT2D eigenvalue weighted by Gasteiger charge is 2.31. The second-order valence-electron chi connectivity index (χ2n) is 7.20. The van der Waals surface area contributed by atoms with E-state index in [-0.39, 0.29) is 17.3 Å². The van der Waals surface area contributed by atoms with E-state index in [2.05, 4.69) is 20.3 Å². The summed E-state index contributed by atoms with van der Waals surface area (Å²) in [5.41, 5.74) is 2.06. The molecule has 0 radical (unpaired) electrons. The molecular formula is C20H20N6O4. The van der Waals surface area contributed by atoms with Crippen LogP contribution in [0.15, 0.2) is 36.7 Å². The maximum absolute atomic E-state index is 11.9. The van der Waals surface area contributed by atoms with E-state index in [9.17, 15) is 20.0 Å². The zero-order valence-corrected chi connectivity index (χ0v) is 16.3. The number of fused-ring (bicyclic) bond motifs is 1. The molecule has 0 atom stereocenters. The second kappa shape index (κ2) is 7.90. The third-order valence-corrected chi connectivity index (χ3v) is 5.25. The predicted octanol–water partition coefficient (Wildman–Crippen LogP) is 3.29. The zero-order chi connectivity index (χ0) is 21.3. The average Bonchev–Trinajstić information content (AvgIpc) is 2.73. The molecule has 1 aromatic carbocycles. The number of carbonyl (C=O) groups is 1. The van der Waals surface area contributed by atoms with E-state index in [0.29, 0.717) is 31.6 Å². The van der Waals surface area contributed by atoms with Gasteiger partial charge in [-0.3, -0.25) is 19.9 Å². The summed E-state index contributed by atoms with van der Waals surface area (Å²) in [7, 11) is 0. The van der Waals surface area contributed by atoms with Crippen molar-refractivity contribution in [2.45, 2.75) is 19.8 Å². The van der Waals surface area contributed by atoms with Gasteiger partial charge >= 0.3 is 11.7 Å². The number of nitrogens with zero attached hydrogens (tertiary/aromatic N) is 5. The van der Waals surface area contributed by atoms with Gasteiger partial charge in [0.2, 0.25) is 11.6 Å². The van der Waals surface area contributed by atoms with Crippen LogP contribution in [0.1, 0.15) is 18.5 Å². The van der Waals surface area contributed by atoms with Crippen LogP contribution in [0, 0.1) is 23.0 Å². The number of pyridine rings is 1. The van der Waals surface area contributed by atoms with Crippen LogP contribution in [0.25, 0.3) is 10.9 Å². The molecule has 30 heavy (non-hydrogen) atoms. The molecule has 0 saturated carbocycles. The number of carboxylic acid groups (broad SMARTS) is 1. The Morgan fingerprint density at radius 2 is 2.00 bits per heavy atom. The van der Waals surface area contributed by atoms with Crippen LogP contribution in [0.5, 0.6) is 0 Å². The fourth-order valence-electron chi connectivity index (χ4n) is 3.69. The summed E-state index contributed by atoms with van der Waals surface area (Å²) >= 11 is 0. The molecule has 1 fully saturated rings. The lowest BCUT2D eigenvalue weighted by Crippen LogP contribution is -2.37. The van der Waals surface area contributed by atoms with E-state index in [1.165, 1.54) is 6.33 Å². The highest BCUT2D eigenvalue weighted by molar-refractivity contribution is 5.94. The first kappa shape index (κ1) is 19.5. The maximum atomic E-state index is 11.9. The lowest BCUT2D eigenvalue weighted by atomic mass is 9.97. The van der Waals surface area contributed by atoms with E-state index in [0.717, 1.165) is 16.6 Å². The molecule has 10 nitrogen and oxygen atoms in total. The number of aryl methyl sites for hydroxylation is 1. The van der Waals surface area contributed by atoms with Crippen molar-refractivity contribution in [3.63, 3.8) is 0 Å². The molecule has 154 valence electrons. The maximum Gasteiger partial charge on any atom is 0.353 e. The molecule has 3 heterocycles. The molecule has 2 aromatic heterocycles. The number of piperidine rings is 1. The van der Waals surface area contributed by atoms with Crippen LogP contribution in [-0.4, -0.2) is 44.0 Å². The number of anilines is 3. The van der Waals surface area contributed by atoms with E-state index in [1.54, 1.807) is 4.90 Å². The molecule has 2 N–H and O–H groups in total. The molecular weight excluding hydrogens is 388 g/mol. The summed E-state index contributed by atoms with van der Waals surface area (Å²) < 4.78 is 0. The molecule has 1 saturated heterocycles. The molecule has 0 spiro atoms. The Bertz CT molecular complexity index is 1130. The van der Waals surface area contributed by atoms with Gasteiger partial charge in [0.05, 0.1) is 16.4 Å². The van der Waals surface area contributed by atoms with Crippen molar-refractivity contribution in [1.82, 2.24) is 15.0 Å². The van der Waals surface area contributed by atoms with Crippen LogP contribution in [0.4, 0.5) is 23.0 Å². The van der Waals surface area contributed by atoms with Crippen molar-refractivity contribution in [1.29, 1.82) is 0 Å². The minimum absolute atomic E-state index is 0.0819. The van der Waals surface area contributed by atoms with Crippen molar-refractivity contribution in [2.24, 2.45) is 5.92 Å². The average molecular weight is 408 g/mol.